The first-order valence-corrected chi connectivity index (χ1v) is 7.23. The molecule has 1 unspecified atom stereocenters. The molecule has 0 bridgehead atoms. The highest BCUT2D eigenvalue weighted by Crippen LogP contribution is 2.33. The number of hydrogen-bond acceptors (Lipinski definition) is 3. The van der Waals surface area contributed by atoms with Crippen molar-refractivity contribution in [2.24, 2.45) is 5.41 Å². The van der Waals surface area contributed by atoms with E-state index in [2.05, 4.69) is 15.5 Å². The molecule has 0 spiro atoms. The van der Waals surface area contributed by atoms with E-state index < -0.39 is 11.4 Å². The number of carboxylic acids is 1. The highest BCUT2D eigenvalue weighted by atomic mass is 16.4. The molecule has 21 heavy (non-hydrogen) atoms. The molecule has 3 N–H and O–H groups in total. The molecule has 1 aliphatic heterocycles. The Bertz CT molecular complexity index is 528. The van der Waals surface area contributed by atoms with Crippen LogP contribution in [0.2, 0.25) is 0 Å². The number of nitrogens with one attached hydrogen (secondary N) is 2. The fourth-order valence-corrected chi connectivity index (χ4v) is 2.76. The van der Waals surface area contributed by atoms with Gasteiger partial charge in [0.15, 0.2) is 0 Å². The number of H-pyrrole nitrogens is 1. The van der Waals surface area contributed by atoms with Crippen LogP contribution in [0.5, 0.6) is 0 Å². The van der Waals surface area contributed by atoms with Gasteiger partial charge < -0.3 is 15.3 Å². The molecular formula is C14H22N4O3. The molecule has 0 saturated carbocycles. The average Bonchev–Trinajstić information content (AvgIpc) is 2.89. The molecule has 0 aromatic carbocycles. The van der Waals surface area contributed by atoms with E-state index in [0.29, 0.717) is 25.9 Å². The second kappa shape index (κ2) is 6.15. The van der Waals surface area contributed by atoms with Crippen molar-refractivity contribution < 1.29 is 14.7 Å². The van der Waals surface area contributed by atoms with Crippen LogP contribution in [0.3, 0.4) is 0 Å². The summed E-state index contributed by atoms with van der Waals surface area (Å²) in [5.41, 5.74) is 1.05. The molecule has 1 aliphatic rings. The standard InChI is InChI=1S/C14H22N4O3/c1-3-14(12(19)20)5-4-6-18(9-14)13(21)15-7-11-8-16-17-10(11)2/h8H,3-7,9H2,1-2H3,(H,15,21)(H,16,17)(H,19,20). The van der Waals surface area contributed by atoms with Crippen molar-refractivity contribution in [1.29, 1.82) is 0 Å². The summed E-state index contributed by atoms with van der Waals surface area (Å²) in [4.78, 5) is 25.3. The second-order valence-corrected chi connectivity index (χ2v) is 5.64. The third kappa shape index (κ3) is 3.17. The Morgan fingerprint density at radius 3 is 2.90 bits per heavy atom. The number of aromatic nitrogens is 2. The zero-order chi connectivity index (χ0) is 15.5. The van der Waals surface area contributed by atoms with Gasteiger partial charge >= 0.3 is 12.0 Å². The zero-order valence-corrected chi connectivity index (χ0v) is 12.5. The number of aromatic amines is 1. The summed E-state index contributed by atoms with van der Waals surface area (Å²) in [5.74, 6) is -0.812. The van der Waals surface area contributed by atoms with E-state index in [9.17, 15) is 14.7 Å². The number of carboxylic acid groups (broad SMARTS) is 1. The van der Waals surface area contributed by atoms with Crippen LogP contribution in [-0.4, -0.2) is 45.3 Å². The van der Waals surface area contributed by atoms with Crippen molar-refractivity contribution >= 4 is 12.0 Å². The minimum Gasteiger partial charge on any atom is -0.481 e. The summed E-state index contributed by atoms with van der Waals surface area (Å²) in [6.45, 7) is 5.02. The van der Waals surface area contributed by atoms with Gasteiger partial charge in [0.1, 0.15) is 0 Å². The van der Waals surface area contributed by atoms with Crippen LogP contribution in [-0.2, 0) is 11.3 Å². The Hall–Kier alpha value is -2.05. The van der Waals surface area contributed by atoms with Gasteiger partial charge in [0, 0.05) is 30.9 Å². The van der Waals surface area contributed by atoms with E-state index >= 15 is 0 Å². The first-order valence-electron chi connectivity index (χ1n) is 7.23. The molecule has 1 aromatic heterocycles. The quantitative estimate of drug-likeness (QED) is 0.783. The molecule has 1 saturated heterocycles. The van der Waals surface area contributed by atoms with Gasteiger partial charge in [0.2, 0.25) is 0 Å². The van der Waals surface area contributed by atoms with Gasteiger partial charge in [-0.25, -0.2) is 4.79 Å². The molecule has 1 atom stereocenters. The zero-order valence-electron chi connectivity index (χ0n) is 12.5. The minimum absolute atomic E-state index is 0.214. The van der Waals surface area contributed by atoms with Crippen molar-refractivity contribution in [2.45, 2.75) is 39.7 Å². The van der Waals surface area contributed by atoms with Gasteiger partial charge in [0.05, 0.1) is 11.6 Å². The van der Waals surface area contributed by atoms with Crippen LogP contribution in [0.15, 0.2) is 6.20 Å². The molecule has 7 nitrogen and oxygen atoms in total. The average molecular weight is 294 g/mol. The number of carbonyl (C=O) groups excluding carboxylic acids is 1. The Balaban J connectivity index is 1.96. The summed E-state index contributed by atoms with van der Waals surface area (Å²) in [6, 6.07) is -0.214. The summed E-state index contributed by atoms with van der Waals surface area (Å²) in [5, 5.41) is 19.0. The van der Waals surface area contributed by atoms with Crippen molar-refractivity contribution in [3.63, 3.8) is 0 Å². The van der Waals surface area contributed by atoms with Gasteiger partial charge in [-0.2, -0.15) is 5.10 Å². The Morgan fingerprint density at radius 1 is 1.57 bits per heavy atom. The van der Waals surface area contributed by atoms with Crippen LogP contribution in [0.25, 0.3) is 0 Å². The number of aliphatic carboxylic acids is 1. The Labute approximate surface area is 123 Å². The molecule has 2 amide bonds. The number of likely N-dealkylation sites (tertiary alicyclic amines) is 1. The van der Waals surface area contributed by atoms with Crippen molar-refractivity contribution in [1.82, 2.24) is 20.4 Å². The molecule has 2 heterocycles. The molecule has 0 radical (unpaired) electrons. The number of hydrogen-bond donors (Lipinski definition) is 3. The Morgan fingerprint density at radius 2 is 2.33 bits per heavy atom. The predicted octanol–water partition coefficient (Wildman–Crippen LogP) is 1.50. The second-order valence-electron chi connectivity index (χ2n) is 5.64. The van der Waals surface area contributed by atoms with Crippen LogP contribution < -0.4 is 5.32 Å². The normalized spacial score (nSPS) is 22.1. The number of piperidine rings is 1. The van der Waals surface area contributed by atoms with E-state index in [4.69, 9.17) is 0 Å². The van der Waals surface area contributed by atoms with Crippen molar-refractivity contribution in [3.05, 3.63) is 17.5 Å². The largest absolute Gasteiger partial charge is 0.481 e. The van der Waals surface area contributed by atoms with Crippen LogP contribution in [0, 0.1) is 12.3 Å². The summed E-state index contributed by atoms with van der Waals surface area (Å²) in [7, 11) is 0. The van der Waals surface area contributed by atoms with E-state index in [0.717, 1.165) is 17.7 Å². The number of nitrogens with zero attached hydrogens (tertiary/aromatic N) is 2. The van der Waals surface area contributed by atoms with Crippen LogP contribution in [0.4, 0.5) is 4.79 Å². The smallest absolute Gasteiger partial charge is 0.317 e. The minimum atomic E-state index is -0.812. The summed E-state index contributed by atoms with van der Waals surface area (Å²) >= 11 is 0. The SMILES string of the molecule is CCC1(C(=O)O)CCCN(C(=O)NCc2cn[nH]c2C)C1. The molecule has 7 heteroatoms. The van der Waals surface area contributed by atoms with E-state index in [1.165, 1.54) is 0 Å². The topological polar surface area (TPSA) is 98.3 Å². The third-order valence-electron chi connectivity index (χ3n) is 4.36. The number of amides is 2. The first-order chi connectivity index (χ1) is 9.98. The fourth-order valence-electron chi connectivity index (χ4n) is 2.76. The summed E-state index contributed by atoms with van der Waals surface area (Å²) in [6.07, 6.45) is 3.56. The Kier molecular flexibility index (Phi) is 4.50. The lowest BCUT2D eigenvalue weighted by Crippen LogP contribution is -2.52. The highest BCUT2D eigenvalue weighted by Gasteiger charge is 2.42. The third-order valence-corrected chi connectivity index (χ3v) is 4.36. The maximum Gasteiger partial charge on any atom is 0.317 e. The van der Waals surface area contributed by atoms with Gasteiger partial charge in [-0.15, -0.1) is 0 Å². The maximum atomic E-state index is 12.2. The molecule has 2 rings (SSSR count). The lowest BCUT2D eigenvalue weighted by Gasteiger charge is -2.39. The van der Waals surface area contributed by atoms with Crippen molar-refractivity contribution in [2.75, 3.05) is 13.1 Å². The maximum absolute atomic E-state index is 12.2. The first kappa shape index (κ1) is 15.3. The van der Waals surface area contributed by atoms with Crippen molar-refractivity contribution in [3.8, 4) is 0 Å². The predicted molar refractivity (Wildman–Crippen MR) is 76.7 cm³/mol. The van der Waals surface area contributed by atoms with Gasteiger partial charge in [-0.1, -0.05) is 6.92 Å². The molecule has 1 aromatic rings. The highest BCUT2D eigenvalue weighted by molar-refractivity contribution is 5.78. The lowest BCUT2D eigenvalue weighted by molar-refractivity contribution is -0.152. The van der Waals surface area contributed by atoms with Gasteiger partial charge in [-0.05, 0) is 26.2 Å². The number of aryl methyl sites for hydroxylation is 1. The number of carbonyl (C=O) groups is 2. The van der Waals surface area contributed by atoms with E-state index in [1.807, 2.05) is 13.8 Å². The van der Waals surface area contributed by atoms with Crippen LogP contribution in [0.1, 0.15) is 37.4 Å². The molecule has 0 aliphatic carbocycles. The van der Waals surface area contributed by atoms with E-state index in [-0.39, 0.29) is 12.6 Å². The monoisotopic (exact) mass is 294 g/mol. The number of rotatable bonds is 4. The van der Waals surface area contributed by atoms with Crippen LogP contribution >= 0.6 is 0 Å². The van der Waals surface area contributed by atoms with Gasteiger partial charge in [-0.3, -0.25) is 9.89 Å². The summed E-state index contributed by atoms with van der Waals surface area (Å²) < 4.78 is 0. The number of urea groups is 1. The molecule has 1 fully saturated rings. The van der Waals surface area contributed by atoms with Gasteiger partial charge in [0.25, 0.3) is 0 Å². The van der Waals surface area contributed by atoms with E-state index in [1.54, 1.807) is 11.1 Å². The lowest BCUT2D eigenvalue weighted by atomic mass is 9.78. The molecule has 116 valence electrons. The fraction of sp³-hybridized carbons (Fsp3) is 0.643. The molecular weight excluding hydrogens is 272 g/mol.